The number of carbonyl (C=O) groups excluding carboxylic acids is 1. The molecule has 1 unspecified atom stereocenters. The molecule has 0 amide bonds. The van der Waals surface area contributed by atoms with Crippen molar-refractivity contribution >= 4 is 5.78 Å². The molecule has 1 aromatic heterocycles. The minimum atomic E-state index is -0.494. The van der Waals surface area contributed by atoms with Gasteiger partial charge < -0.3 is 9.30 Å². The molecule has 1 heterocycles. The zero-order valence-corrected chi connectivity index (χ0v) is 15.1. The molecule has 0 aromatic carbocycles. The fourth-order valence-corrected chi connectivity index (χ4v) is 4.97. The Balaban J connectivity index is 1.99. The lowest BCUT2D eigenvalue weighted by Gasteiger charge is -2.48. The molecule has 130 valence electrons. The molecule has 5 nitrogen and oxygen atoms in total. The highest BCUT2D eigenvalue weighted by Crippen LogP contribution is 2.52. The average molecular weight is 329 g/mol. The second-order valence-corrected chi connectivity index (χ2v) is 7.59. The maximum Gasteiger partial charge on any atom is 0.153 e. The monoisotopic (exact) mass is 329 g/mol. The van der Waals surface area contributed by atoms with Gasteiger partial charge in [-0.3, -0.25) is 4.79 Å². The number of nitriles is 1. The van der Waals surface area contributed by atoms with E-state index in [1.807, 2.05) is 6.92 Å². The molecule has 2 aliphatic rings. The van der Waals surface area contributed by atoms with Crippen molar-refractivity contribution < 1.29 is 9.53 Å². The molecule has 24 heavy (non-hydrogen) atoms. The van der Waals surface area contributed by atoms with Gasteiger partial charge >= 0.3 is 0 Å². The van der Waals surface area contributed by atoms with Crippen LogP contribution in [0.4, 0.5) is 0 Å². The van der Waals surface area contributed by atoms with Crippen molar-refractivity contribution in [3.8, 4) is 6.07 Å². The Morgan fingerprint density at radius 2 is 2.25 bits per heavy atom. The first-order chi connectivity index (χ1) is 11.4. The van der Waals surface area contributed by atoms with Gasteiger partial charge in [0.25, 0.3) is 0 Å². The van der Waals surface area contributed by atoms with Crippen LogP contribution in [0.15, 0.2) is 0 Å². The molecular formula is C19H27N3O2. The number of fused-ring (bicyclic) bond motifs is 3. The van der Waals surface area contributed by atoms with E-state index in [0.29, 0.717) is 12.3 Å². The maximum atomic E-state index is 12.4. The molecule has 3 rings (SSSR count). The zero-order valence-electron chi connectivity index (χ0n) is 15.1. The summed E-state index contributed by atoms with van der Waals surface area (Å²) in [6, 6.07) is 2.24. The van der Waals surface area contributed by atoms with Gasteiger partial charge in [-0.1, -0.05) is 13.8 Å². The van der Waals surface area contributed by atoms with Crippen LogP contribution in [-0.2, 0) is 27.9 Å². The van der Waals surface area contributed by atoms with E-state index in [0.717, 1.165) is 43.9 Å². The SMILES string of the molecule is COCCCn1c(C)nc2c1CC[C@H]1[C@H](C)C(=O)C(C#N)C[C@]21C. The zero-order chi connectivity index (χ0) is 17.5. The molecule has 5 heteroatoms. The van der Waals surface area contributed by atoms with E-state index in [1.54, 1.807) is 7.11 Å². The second kappa shape index (κ2) is 6.33. The molecule has 0 N–H and O–H groups in total. The molecule has 4 atom stereocenters. The summed E-state index contributed by atoms with van der Waals surface area (Å²) in [7, 11) is 1.73. The smallest absolute Gasteiger partial charge is 0.153 e. The van der Waals surface area contributed by atoms with Gasteiger partial charge in [0.15, 0.2) is 5.78 Å². The van der Waals surface area contributed by atoms with Crippen LogP contribution in [0.25, 0.3) is 0 Å². The Hall–Kier alpha value is -1.67. The van der Waals surface area contributed by atoms with Gasteiger partial charge in [-0.2, -0.15) is 5.26 Å². The van der Waals surface area contributed by atoms with Crippen LogP contribution in [0.5, 0.6) is 0 Å². The van der Waals surface area contributed by atoms with Crippen molar-refractivity contribution in [3.05, 3.63) is 17.2 Å². The van der Waals surface area contributed by atoms with Crippen LogP contribution in [0.3, 0.4) is 0 Å². The van der Waals surface area contributed by atoms with Gasteiger partial charge in [0.05, 0.1) is 11.8 Å². The Morgan fingerprint density at radius 3 is 2.92 bits per heavy atom. The lowest BCUT2D eigenvalue weighted by molar-refractivity contribution is -0.132. The Bertz CT molecular complexity index is 688. The quantitative estimate of drug-likeness (QED) is 0.797. The first-order valence-corrected chi connectivity index (χ1v) is 8.92. The minimum absolute atomic E-state index is 0.0551. The number of ether oxygens (including phenoxy) is 1. The highest BCUT2D eigenvalue weighted by molar-refractivity contribution is 5.87. The van der Waals surface area contributed by atoms with Crippen molar-refractivity contribution in [2.24, 2.45) is 17.8 Å². The topological polar surface area (TPSA) is 67.9 Å². The number of methoxy groups -OCH3 is 1. The third kappa shape index (κ3) is 2.48. The number of ketones is 1. The van der Waals surface area contributed by atoms with Gasteiger partial charge in [-0.15, -0.1) is 0 Å². The van der Waals surface area contributed by atoms with E-state index in [1.165, 1.54) is 5.69 Å². The van der Waals surface area contributed by atoms with E-state index in [4.69, 9.17) is 9.72 Å². The molecule has 0 saturated heterocycles. The predicted molar refractivity (Wildman–Crippen MR) is 90.5 cm³/mol. The van der Waals surface area contributed by atoms with Crippen LogP contribution < -0.4 is 0 Å². The third-order valence-corrected chi connectivity index (χ3v) is 6.22. The van der Waals surface area contributed by atoms with Gasteiger partial charge in [-0.25, -0.2) is 4.98 Å². The predicted octanol–water partition coefficient (Wildman–Crippen LogP) is 2.80. The van der Waals surface area contributed by atoms with Gasteiger partial charge in [0.1, 0.15) is 11.7 Å². The van der Waals surface area contributed by atoms with Crippen molar-refractivity contribution in [3.63, 3.8) is 0 Å². The summed E-state index contributed by atoms with van der Waals surface area (Å²) in [5, 5.41) is 9.42. The summed E-state index contributed by atoms with van der Waals surface area (Å²) in [5.74, 6) is 0.909. The van der Waals surface area contributed by atoms with Crippen LogP contribution in [-0.4, -0.2) is 29.1 Å². The number of aryl methyl sites for hydroxylation is 1. The normalized spacial score (nSPS) is 32.1. The molecule has 2 aliphatic carbocycles. The van der Waals surface area contributed by atoms with Crippen molar-refractivity contribution in [1.82, 2.24) is 9.55 Å². The number of hydrogen-bond donors (Lipinski definition) is 0. The lowest BCUT2D eigenvalue weighted by Crippen LogP contribution is -2.50. The van der Waals surface area contributed by atoms with E-state index < -0.39 is 5.92 Å². The Labute approximate surface area is 144 Å². The number of rotatable bonds is 4. The van der Waals surface area contributed by atoms with Crippen molar-refractivity contribution in [2.45, 2.75) is 58.4 Å². The summed E-state index contributed by atoms with van der Waals surface area (Å²) < 4.78 is 7.49. The first kappa shape index (κ1) is 17.2. The van der Waals surface area contributed by atoms with Gasteiger partial charge in [0, 0.05) is 37.3 Å². The summed E-state index contributed by atoms with van der Waals surface area (Å²) in [6.45, 7) is 7.94. The first-order valence-electron chi connectivity index (χ1n) is 8.92. The van der Waals surface area contributed by atoms with Crippen LogP contribution in [0.2, 0.25) is 0 Å². The van der Waals surface area contributed by atoms with Crippen LogP contribution in [0.1, 0.15) is 50.3 Å². The summed E-state index contributed by atoms with van der Waals surface area (Å²) in [6.07, 6.45) is 3.55. The van der Waals surface area contributed by atoms with E-state index in [2.05, 4.69) is 24.5 Å². The molecule has 1 saturated carbocycles. The summed E-state index contributed by atoms with van der Waals surface area (Å²) >= 11 is 0. The van der Waals surface area contributed by atoms with Crippen LogP contribution >= 0.6 is 0 Å². The molecule has 0 aliphatic heterocycles. The third-order valence-electron chi connectivity index (χ3n) is 6.22. The van der Waals surface area contributed by atoms with Gasteiger partial charge in [0.2, 0.25) is 0 Å². The fraction of sp³-hybridized carbons (Fsp3) is 0.737. The van der Waals surface area contributed by atoms with Gasteiger partial charge in [-0.05, 0) is 38.5 Å². The van der Waals surface area contributed by atoms with Crippen LogP contribution in [0, 0.1) is 36.0 Å². The van der Waals surface area contributed by atoms with E-state index in [9.17, 15) is 10.1 Å². The standard InChI is InChI=1S/C19H27N3O2/c1-12-15-6-7-16-18(19(15,3)10-14(11-20)17(12)23)21-13(2)22(16)8-5-9-24-4/h12,14-15H,5-10H2,1-4H3/t12-,14?,15-,19-/m0/s1. The number of aromatic nitrogens is 2. The second-order valence-electron chi connectivity index (χ2n) is 7.59. The number of Topliss-reactive ketones (excluding diaryl/α,β-unsaturated/α-hetero) is 1. The highest BCUT2D eigenvalue weighted by atomic mass is 16.5. The fourth-order valence-electron chi connectivity index (χ4n) is 4.97. The highest BCUT2D eigenvalue weighted by Gasteiger charge is 2.53. The Kier molecular flexibility index (Phi) is 4.52. The molecule has 0 spiro atoms. The lowest BCUT2D eigenvalue weighted by atomic mass is 9.54. The molecule has 1 aromatic rings. The number of hydrogen-bond acceptors (Lipinski definition) is 4. The maximum absolute atomic E-state index is 12.4. The molecule has 0 radical (unpaired) electrons. The van der Waals surface area contributed by atoms with E-state index in [-0.39, 0.29) is 17.1 Å². The van der Waals surface area contributed by atoms with Crippen molar-refractivity contribution in [2.75, 3.05) is 13.7 Å². The summed E-state index contributed by atoms with van der Waals surface area (Å²) in [4.78, 5) is 17.4. The summed E-state index contributed by atoms with van der Waals surface area (Å²) in [5.41, 5.74) is 2.27. The minimum Gasteiger partial charge on any atom is -0.385 e. The molecule has 0 bridgehead atoms. The number of carbonyl (C=O) groups is 1. The van der Waals surface area contributed by atoms with E-state index >= 15 is 0 Å². The number of nitrogens with zero attached hydrogens (tertiary/aromatic N) is 3. The average Bonchev–Trinajstić information content (AvgIpc) is 2.89. The number of imidazole rings is 1. The largest absolute Gasteiger partial charge is 0.385 e. The Morgan fingerprint density at radius 1 is 1.50 bits per heavy atom. The molecule has 1 fully saturated rings. The molecular weight excluding hydrogens is 302 g/mol. The van der Waals surface area contributed by atoms with Crippen molar-refractivity contribution in [1.29, 1.82) is 5.26 Å².